The zero-order chi connectivity index (χ0) is 14.4. The van der Waals surface area contributed by atoms with Crippen molar-refractivity contribution in [3.8, 4) is 0 Å². The molecule has 5 rings (SSSR count). The van der Waals surface area contributed by atoms with Crippen LogP contribution in [0.4, 0.5) is 4.39 Å². The third kappa shape index (κ3) is 2.63. The second-order valence-corrected chi connectivity index (χ2v) is 8.18. The second-order valence-electron chi connectivity index (χ2n) is 8.18. The van der Waals surface area contributed by atoms with Gasteiger partial charge in [-0.1, -0.05) is 18.2 Å². The Morgan fingerprint density at radius 3 is 2.19 bits per heavy atom. The first-order valence-corrected chi connectivity index (χ1v) is 8.61. The summed E-state index contributed by atoms with van der Waals surface area (Å²) in [5, 5.41) is 0. The molecule has 21 heavy (non-hydrogen) atoms. The van der Waals surface area contributed by atoms with Crippen LogP contribution in [0.2, 0.25) is 0 Å². The Balaban J connectivity index is 1.45. The number of nitrogens with two attached hydrogens (primary N) is 1. The van der Waals surface area contributed by atoms with Crippen molar-refractivity contribution >= 4 is 0 Å². The topological polar surface area (TPSA) is 26.0 Å². The van der Waals surface area contributed by atoms with E-state index < -0.39 is 0 Å². The van der Waals surface area contributed by atoms with E-state index in [9.17, 15) is 4.39 Å². The van der Waals surface area contributed by atoms with Crippen LogP contribution in [0.15, 0.2) is 24.3 Å². The molecule has 4 bridgehead atoms. The second kappa shape index (κ2) is 5.08. The van der Waals surface area contributed by atoms with Gasteiger partial charge in [0.2, 0.25) is 0 Å². The molecule has 0 spiro atoms. The third-order valence-electron chi connectivity index (χ3n) is 6.30. The Kier molecular flexibility index (Phi) is 3.33. The molecule has 4 saturated carbocycles. The smallest absolute Gasteiger partial charge is 0.126 e. The highest BCUT2D eigenvalue weighted by Crippen LogP contribution is 2.61. The molecule has 4 fully saturated rings. The van der Waals surface area contributed by atoms with Gasteiger partial charge in [0, 0.05) is 6.04 Å². The van der Waals surface area contributed by atoms with Crippen molar-refractivity contribution in [3.63, 3.8) is 0 Å². The highest BCUT2D eigenvalue weighted by molar-refractivity contribution is 5.18. The highest BCUT2D eigenvalue weighted by Gasteiger charge is 2.50. The van der Waals surface area contributed by atoms with E-state index in [0.717, 1.165) is 29.7 Å². The lowest BCUT2D eigenvalue weighted by molar-refractivity contribution is -0.0603. The first kappa shape index (κ1) is 13.8. The fourth-order valence-electron chi connectivity index (χ4n) is 6.11. The molecular formula is C19H26FN. The van der Waals surface area contributed by atoms with Gasteiger partial charge in [0.25, 0.3) is 0 Å². The van der Waals surface area contributed by atoms with Crippen molar-refractivity contribution in [1.29, 1.82) is 0 Å². The molecule has 0 saturated heterocycles. The average molecular weight is 287 g/mol. The van der Waals surface area contributed by atoms with E-state index in [0.29, 0.717) is 11.8 Å². The third-order valence-corrected chi connectivity index (χ3v) is 6.30. The standard InChI is InChI=1S/C19H26FN/c20-18-4-2-1-3-16(18)8-17(21)12-19-9-13-5-14(10-19)7-15(6-13)11-19/h1-4,13-15,17H,5-12,21H2. The molecule has 2 heteroatoms. The minimum Gasteiger partial charge on any atom is -0.327 e. The van der Waals surface area contributed by atoms with E-state index in [1.54, 1.807) is 12.1 Å². The van der Waals surface area contributed by atoms with Gasteiger partial charge in [-0.05, 0) is 86.2 Å². The quantitative estimate of drug-likeness (QED) is 0.877. The summed E-state index contributed by atoms with van der Waals surface area (Å²) in [6.45, 7) is 0. The Bertz CT molecular complexity index is 489. The van der Waals surface area contributed by atoms with E-state index in [-0.39, 0.29) is 11.9 Å². The molecule has 4 aliphatic carbocycles. The molecule has 1 atom stereocenters. The lowest BCUT2D eigenvalue weighted by atomic mass is 9.48. The first-order chi connectivity index (χ1) is 10.1. The van der Waals surface area contributed by atoms with Crippen LogP contribution in [0.25, 0.3) is 0 Å². The number of benzene rings is 1. The maximum atomic E-state index is 13.8. The normalized spacial score (nSPS) is 38.7. The molecule has 1 nitrogen and oxygen atoms in total. The van der Waals surface area contributed by atoms with Crippen molar-refractivity contribution in [2.24, 2.45) is 28.9 Å². The highest BCUT2D eigenvalue weighted by atomic mass is 19.1. The van der Waals surface area contributed by atoms with E-state index in [1.807, 2.05) is 12.1 Å². The Morgan fingerprint density at radius 1 is 1.05 bits per heavy atom. The largest absolute Gasteiger partial charge is 0.327 e. The number of hydrogen-bond donors (Lipinski definition) is 1. The van der Waals surface area contributed by atoms with Gasteiger partial charge in [-0.25, -0.2) is 4.39 Å². The molecule has 0 radical (unpaired) electrons. The van der Waals surface area contributed by atoms with E-state index in [2.05, 4.69) is 0 Å². The number of rotatable bonds is 4. The Morgan fingerprint density at radius 2 is 1.62 bits per heavy atom. The molecular weight excluding hydrogens is 261 g/mol. The summed E-state index contributed by atoms with van der Waals surface area (Å²) in [5.41, 5.74) is 7.72. The van der Waals surface area contributed by atoms with Crippen LogP contribution < -0.4 is 5.73 Å². The molecule has 1 unspecified atom stereocenters. The number of halogens is 1. The molecule has 0 aliphatic heterocycles. The van der Waals surface area contributed by atoms with Crippen LogP contribution in [0.3, 0.4) is 0 Å². The zero-order valence-corrected chi connectivity index (χ0v) is 12.7. The van der Waals surface area contributed by atoms with Crippen molar-refractivity contribution in [2.45, 2.75) is 57.4 Å². The molecule has 0 amide bonds. The summed E-state index contributed by atoms with van der Waals surface area (Å²) in [6, 6.07) is 7.21. The zero-order valence-electron chi connectivity index (χ0n) is 12.7. The Labute approximate surface area is 127 Å². The molecule has 2 N–H and O–H groups in total. The van der Waals surface area contributed by atoms with Gasteiger partial charge < -0.3 is 5.73 Å². The summed E-state index contributed by atoms with van der Waals surface area (Å²) in [7, 11) is 0. The lowest BCUT2D eigenvalue weighted by Crippen LogP contribution is -2.48. The van der Waals surface area contributed by atoms with Gasteiger partial charge >= 0.3 is 0 Å². The van der Waals surface area contributed by atoms with Crippen LogP contribution in [0, 0.1) is 29.0 Å². The van der Waals surface area contributed by atoms with Crippen molar-refractivity contribution in [3.05, 3.63) is 35.6 Å². The summed E-state index contributed by atoms with van der Waals surface area (Å²) >= 11 is 0. The average Bonchev–Trinajstić information content (AvgIpc) is 2.39. The predicted octanol–water partition coefficient (Wildman–Crippen LogP) is 4.30. The summed E-state index contributed by atoms with van der Waals surface area (Å²) in [6.07, 6.45) is 10.4. The first-order valence-electron chi connectivity index (χ1n) is 8.61. The van der Waals surface area contributed by atoms with Gasteiger partial charge in [-0.3, -0.25) is 0 Å². The van der Waals surface area contributed by atoms with Gasteiger partial charge in [0.05, 0.1) is 0 Å². The molecule has 0 heterocycles. The fraction of sp³-hybridized carbons (Fsp3) is 0.684. The Hall–Kier alpha value is -0.890. The predicted molar refractivity (Wildman–Crippen MR) is 83.3 cm³/mol. The molecule has 4 aliphatic rings. The fourth-order valence-corrected chi connectivity index (χ4v) is 6.11. The van der Waals surface area contributed by atoms with Crippen LogP contribution >= 0.6 is 0 Å². The van der Waals surface area contributed by atoms with Gasteiger partial charge in [-0.2, -0.15) is 0 Å². The minimum atomic E-state index is -0.0986. The van der Waals surface area contributed by atoms with Gasteiger partial charge in [-0.15, -0.1) is 0 Å². The number of hydrogen-bond acceptors (Lipinski definition) is 1. The van der Waals surface area contributed by atoms with Crippen LogP contribution in [0.5, 0.6) is 0 Å². The monoisotopic (exact) mass is 287 g/mol. The van der Waals surface area contributed by atoms with Gasteiger partial charge in [0.15, 0.2) is 0 Å². The van der Waals surface area contributed by atoms with Crippen LogP contribution in [-0.2, 0) is 6.42 Å². The lowest BCUT2D eigenvalue weighted by Gasteiger charge is -2.57. The molecule has 1 aromatic rings. The molecule has 114 valence electrons. The summed E-state index contributed by atoms with van der Waals surface area (Å²) < 4.78 is 13.8. The summed E-state index contributed by atoms with van der Waals surface area (Å²) in [5.74, 6) is 2.81. The van der Waals surface area contributed by atoms with Gasteiger partial charge in [0.1, 0.15) is 5.82 Å². The maximum absolute atomic E-state index is 13.8. The van der Waals surface area contributed by atoms with Crippen molar-refractivity contribution < 1.29 is 4.39 Å². The van der Waals surface area contributed by atoms with Crippen LogP contribution in [-0.4, -0.2) is 6.04 Å². The van der Waals surface area contributed by atoms with E-state index in [1.165, 1.54) is 38.5 Å². The van der Waals surface area contributed by atoms with E-state index in [4.69, 9.17) is 5.73 Å². The SMILES string of the molecule is NC(Cc1ccccc1F)CC12CC3CC(CC(C3)C1)C2. The molecule has 1 aromatic carbocycles. The van der Waals surface area contributed by atoms with Crippen LogP contribution in [0.1, 0.15) is 50.5 Å². The summed E-state index contributed by atoms with van der Waals surface area (Å²) in [4.78, 5) is 0. The van der Waals surface area contributed by atoms with Crippen molar-refractivity contribution in [1.82, 2.24) is 0 Å². The van der Waals surface area contributed by atoms with E-state index >= 15 is 0 Å². The molecule has 0 aromatic heterocycles. The minimum absolute atomic E-state index is 0.0986. The van der Waals surface area contributed by atoms with Crippen molar-refractivity contribution in [2.75, 3.05) is 0 Å². The maximum Gasteiger partial charge on any atom is 0.126 e.